The summed E-state index contributed by atoms with van der Waals surface area (Å²) in [5.41, 5.74) is -0.0470. The van der Waals surface area contributed by atoms with E-state index >= 15 is 0 Å². The first-order valence-corrected chi connectivity index (χ1v) is 14.8. The second-order valence-electron chi connectivity index (χ2n) is 13.0. The maximum atomic E-state index is 12.3. The molecule has 0 saturated carbocycles. The van der Waals surface area contributed by atoms with Crippen LogP contribution >= 0.6 is 0 Å². The minimum absolute atomic E-state index is 0.000631. The molecule has 0 bridgehead atoms. The van der Waals surface area contributed by atoms with Crippen molar-refractivity contribution in [1.29, 1.82) is 0 Å². The smallest absolute Gasteiger partial charge is 0.296 e. The van der Waals surface area contributed by atoms with E-state index in [9.17, 15) is 18.6 Å². The van der Waals surface area contributed by atoms with Crippen molar-refractivity contribution < 1.29 is 32.3 Å². The van der Waals surface area contributed by atoms with Crippen molar-refractivity contribution >= 4 is 10.1 Å². The fraction of sp³-hybridized carbons (Fsp3) is 0.793. The van der Waals surface area contributed by atoms with Crippen molar-refractivity contribution in [3.63, 3.8) is 0 Å². The van der Waals surface area contributed by atoms with Crippen molar-refractivity contribution in [2.24, 2.45) is 21.7 Å². The Bertz CT molecular complexity index is 1010. The molecule has 0 spiro atoms. The molecular formula is C29H50O7S. The van der Waals surface area contributed by atoms with E-state index in [1.54, 1.807) is 0 Å². The van der Waals surface area contributed by atoms with Crippen LogP contribution in [0.5, 0.6) is 5.75 Å². The largest absolute Gasteiger partial charge is 0.507 e. The number of aliphatic hydroxyl groups is 1. The Balaban J connectivity index is 2.35. The van der Waals surface area contributed by atoms with Gasteiger partial charge in [-0.1, -0.05) is 62.3 Å². The number of phenols is 1. The maximum Gasteiger partial charge on any atom is 0.296 e. The SMILES string of the molecule is CCC1CC(C(C)(C)C(C)(C)CCC(C)(C)C(C)(C)CCO)OC(c2cc(S(=O)(=O)OC)ccc2O)O1. The van der Waals surface area contributed by atoms with Crippen LogP contribution < -0.4 is 0 Å². The van der Waals surface area contributed by atoms with Gasteiger partial charge < -0.3 is 19.7 Å². The van der Waals surface area contributed by atoms with Gasteiger partial charge in [-0.3, -0.25) is 4.18 Å². The van der Waals surface area contributed by atoms with Crippen LogP contribution in [0.4, 0.5) is 0 Å². The van der Waals surface area contributed by atoms with Crippen LogP contribution in [-0.2, 0) is 23.8 Å². The summed E-state index contributed by atoms with van der Waals surface area (Å²) in [6, 6.07) is 4.02. The topological polar surface area (TPSA) is 102 Å². The third-order valence-electron chi connectivity index (χ3n) is 9.79. The summed E-state index contributed by atoms with van der Waals surface area (Å²) in [5, 5.41) is 20.2. The summed E-state index contributed by atoms with van der Waals surface area (Å²) >= 11 is 0. The van der Waals surface area contributed by atoms with Gasteiger partial charge in [-0.25, -0.2) is 0 Å². The minimum Gasteiger partial charge on any atom is -0.507 e. The Labute approximate surface area is 225 Å². The molecule has 0 aromatic heterocycles. The van der Waals surface area contributed by atoms with Crippen LogP contribution in [0.3, 0.4) is 0 Å². The summed E-state index contributed by atoms with van der Waals surface area (Å²) in [7, 11) is -2.83. The van der Waals surface area contributed by atoms with Crippen LogP contribution in [0.15, 0.2) is 23.1 Å². The molecule has 0 amide bonds. The molecule has 8 heteroatoms. The van der Waals surface area contributed by atoms with Crippen molar-refractivity contribution in [2.75, 3.05) is 13.7 Å². The third-order valence-corrected chi connectivity index (χ3v) is 11.1. The first-order chi connectivity index (χ1) is 16.8. The monoisotopic (exact) mass is 542 g/mol. The van der Waals surface area contributed by atoms with Gasteiger partial charge in [-0.15, -0.1) is 0 Å². The van der Waals surface area contributed by atoms with Crippen LogP contribution in [0.2, 0.25) is 0 Å². The third kappa shape index (κ3) is 6.88. The lowest BCUT2D eigenvalue weighted by molar-refractivity contribution is -0.280. The molecule has 1 aromatic carbocycles. The quantitative estimate of drug-likeness (QED) is 0.288. The zero-order valence-electron chi connectivity index (χ0n) is 24.6. The van der Waals surface area contributed by atoms with E-state index in [1.807, 2.05) is 0 Å². The Morgan fingerprint density at radius 1 is 0.946 bits per heavy atom. The van der Waals surface area contributed by atoms with E-state index < -0.39 is 16.4 Å². The van der Waals surface area contributed by atoms with Crippen LogP contribution in [-0.4, -0.2) is 44.6 Å². The highest BCUT2D eigenvalue weighted by Crippen LogP contribution is 2.53. The molecule has 1 saturated heterocycles. The fourth-order valence-electron chi connectivity index (χ4n) is 4.89. The van der Waals surface area contributed by atoms with Gasteiger partial charge in [0.25, 0.3) is 10.1 Å². The molecule has 0 radical (unpaired) electrons. The summed E-state index contributed by atoms with van der Waals surface area (Å²) < 4.78 is 41.9. The first-order valence-electron chi connectivity index (χ1n) is 13.4. The lowest BCUT2D eigenvalue weighted by Gasteiger charge is -2.52. The standard InChI is InChI=1S/C29H50O7S/c1-11-20-18-24(29(8,9)28(6,7)15-14-26(2,3)27(4,5)16-17-30)36-25(35-20)22-19-21(12-13-23(22)31)37(32,33)34-10/h12-13,19-20,24-25,30-31H,11,14-18H2,1-10H3. The van der Waals surface area contributed by atoms with Crippen molar-refractivity contribution in [1.82, 2.24) is 0 Å². The van der Waals surface area contributed by atoms with Gasteiger partial charge in [-0.2, -0.15) is 8.42 Å². The normalized spacial score (nSPS) is 22.3. The number of rotatable bonds is 12. The second-order valence-corrected chi connectivity index (χ2v) is 14.8. The zero-order chi connectivity index (χ0) is 28.4. The highest BCUT2D eigenvalue weighted by Gasteiger charge is 2.49. The molecule has 1 fully saturated rings. The summed E-state index contributed by atoms with van der Waals surface area (Å²) in [4.78, 5) is -0.0579. The van der Waals surface area contributed by atoms with Gasteiger partial charge in [-0.05, 0) is 65.5 Å². The Hall–Kier alpha value is -1.19. The molecule has 1 aromatic rings. The van der Waals surface area contributed by atoms with Gasteiger partial charge in [0.15, 0.2) is 6.29 Å². The number of hydrogen-bond donors (Lipinski definition) is 2. The average Bonchev–Trinajstić information content (AvgIpc) is 2.82. The van der Waals surface area contributed by atoms with Gasteiger partial charge in [0.05, 0.1) is 29.8 Å². The number of benzene rings is 1. The molecule has 1 aliphatic heterocycles. The lowest BCUT2D eigenvalue weighted by atomic mass is 9.57. The Kier molecular flexibility index (Phi) is 9.96. The van der Waals surface area contributed by atoms with Crippen molar-refractivity contribution in [3.05, 3.63) is 23.8 Å². The predicted octanol–water partition coefficient (Wildman–Crippen LogP) is 6.58. The molecule has 7 nitrogen and oxygen atoms in total. The van der Waals surface area contributed by atoms with E-state index in [2.05, 4.69) is 66.5 Å². The molecule has 3 unspecified atom stereocenters. The average molecular weight is 543 g/mol. The molecule has 37 heavy (non-hydrogen) atoms. The summed E-state index contributed by atoms with van der Waals surface area (Å²) in [6.45, 7) is 20.3. The summed E-state index contributed by atoms with van der Waals surface area (Å²) in [5.74, 6) is -0.0829. The zero-order valence-corrected chi connectivity index (χ0v) is 25.4. The molecule has 2 rings (SSSR count). The molecule has 214 valence electrons. The number of aromatic hydroxyl groups is 1. The van der Waals surface area contributed by atoms with Crippen LogP contribution in [0.1, 0.15) is 106 Å². The van der Waals surface area contributed by atoms with E-state index in [0.29, 0.717) is 6.42 Å². The number of ether oxygens (including phenoxy) is 2. The van der Waals surface area contributed by atoms with Gasteiger partial charge >= 0.3 is 0 Å². The highest BCUT2D eigenvalue weighted by molar-refractivity contribution is 7.86. The molecule has 3 atom stereocenters. The second kappa shape index (κ2) is 11.5. The molecular weight excluding hydrogens is 492 g/mol. The van der Waals surface area contributed by atoms with Crippen LogP contribution in [0, 0.1) is 21.7 Å². The van der Waals surface area contributed by atoms with E-state index in [1.165, 1.54) is 18.2 Å². The molecule has 1 heterocycles. The van der Waals surface area contributed by atoms with Gasteiger partial charge in [0, 0.05) is 13.0 Å². The van der Waals surface area contributed by atoms with Crippen LogP contribution in [0.25, 0.3) is 0 Å². The van der Waals surface area contributed by atoms with Gasteiger partial charge in [0.2, 0.25) is 0 Å². The maximum absolute atomic E-state index is 12.3. The van der Waals surface area contributed by atoms with Gasteiger partial charge in [0.1, 0.15) is 5.75 Å². The summed E-state index contributed by atoms with van der Waals surface area (Å²) in [6.07, 6.45) is 3.03. The first kappa shape index (κ1) is 32.0. The molecule has 0 aliphatic carbocycles. The Morgan fingerprint density at radius 2 is 1.51 bits per heavy atom. The minimum atomic E-state index is -3.94. The number of phenolic OH excluding ortho intramolecular Hbond substituents is 1. The number of aliphatic hydroxyl groups excluding tert-OH is 1. The predicted molar refractivity (Wildman–Crippen MR) is 146 cm³/mol. The van der Waals surface area contributed by atoms with E-state index in [-0.39, 0.29) is 56.7 Å². The highest BCUT2D eigenvalue weighted by atomic mass is 32.2. The van der Waals surface area contributed by atoms with E-state index in [0.717, 1.165) is 32.8 Å². The molecule has 2 N–H and O–H groups in total. The Morgan fingerprint density at radius 3 is 2.05 bits per heavy atom. The molecule has 1 aliphatic rings. The number of hydrogen-bond acceptors (Lipinski definition) is 7. The van der Waals surface area contributed by atoms with Crippen molar-refractivity contribution in [3.8, 4) is 5.75 Å². The van der Waals surface area contributed by atoms with Crippen molar-refractivity contribution in [2.45, 2.75) is 118 Å². The van der Waals surface area contributed by atoms with E-state index in [4.69, 9.17) is 9.47 Å². The fourth-order valence-corrected chi connectivity index (χ4v) is 5.59. The lowest BCUT2D eigenvalue weighted by Crippen LogP contribution is -2.49.